The number of carbonyl (C=O) groups excluding carboxylic acids is 1. The molecule has 1 fully saturated rings. The second-order valence-electron chi connectivity index (χ2n) is 5.99. The molecule has 2 aliphatic rings. The van der Waals surface area contributed by atoms with Crippen molar-refractivity contribution in [3.63, 3.8) is 0 Å². The number of carbonyl (C=O) groups is 1. The highest BCUT2D eigenvalue weighted by Crippen LogP contribution is 2.23. The molecule has 1 saturated heterocycles. The van der Waals surface area contributed by atoms with Crippen LogP contribution in [0.2, 0.25) is 0 Å². The van der Waals surface area contributed by atoms with Crippen molar-refractivity contribution >= 4 is 11.7 Å². The van der Waals surface area contributed by atoms with Gasteiger partial charge < -0.3 is 9.80 Å². The summed E-state index contributed by atoms with van der Waals surface area (Å²) in [6.07, 6.45) is 6.34. The number of hydrogen-bond acceptors (Lipinski definition) is 6. The number of amides is 1. The lowest BCUT2D eigenvalue weighted by molar-refractivity contribution is -0.132. The Bertz CT molecular complexity index is 692. The lowest BCUT2D eigenvalue weighted by Crippen LogP contribution is -2.50. The van der Waals surface area contributed by atoms with Crippen molar-refractivity contribution in [2.75, 3.05) is 31.1 Å². The first kappa shape index (κ1) is 14.1. The Morgan fingerprint density at radius 2 is 2.00 bits per heavy atom. The Morgan fingerprint density at radius 1 is 1.13 bits per heavy atom. The number of anilines is 1. The lowest BCUT2D eigenvalue weighted by Gasteiger charge is -2.35. The lowest BCUT2D eigenvalue weighted by atomic mass is 10.2. The van der Waals surface area contributed by atoms with Crippen molar-refractivity contribution in [1.29, 1.82) is 0 Å². The number of aryl methyl sites for hydroxylation is 2. The minimum absolute atomic E-state index is 0.0789. The molecular weight excluding hydrogens is 294 g/mol. The molecular formula is C15H19N7O. The molecule has 4 rings (SSSR count). The van der Waals surface area contributed by atoms with Crippen molar-refractivity contribution in [1.82, 2.24) is 29.9 Å². The fraction of sp³-hybridized carbons (Fsp3) is 0.533. The Kier molecular flexibility index (Phi) is 3.64. The van der Waals surface area contributed by atoms with Gasteiger partial charge in [-0.05, 0) is 30.9 Å². The van der Waals surface area contributed by atoms with Gasteiger partial charge in [0.05, 0.1) is 5.69 Å². The summed E-state index contributed by atoms with van der Waals surface area (Å²) in [5.74, 6) is 1.02. The molecule has 0 bridgehead atoms. The molecule has 3 heterocycles. The van der Waals surface area contributed by atoms with Crippen molar-refractivity contribution in [3.8, 4) is 0 Å². The number of rotatable bonds is 3. The summed E-state index contributed by atoms with van der Waals surface area (Å²) in [6.45, 7) is 3.23. The van der Waals surface area contributed by atoms with Crippen molar-refractivity contribution < 1.29 is 4.79 Å². The Morgan fingerprint density at radius 3 is 2.78 bits per heavy atom. The highest BCUT2D eigenvalue weighted by Gasteiger charge is 2.23. The van der Waals surface area contributed by atoms with Gasteiger partial charge in [-0.2, -0.15) is 10.2 Å². The molecule has 1 aliphatic carbocycles. The van der Waals surface area contributed by atoms with E-state index in [1.165, 1.54) is 18.3 Å². The fourth-order valence-corrected chi connectivity index (χ4v) is 3.21. The summed E-state index contributed by atoms with van der Waals surface area (Å²) in [6, 6.07) is 2.17. The van der Waals surface area contributed by atoms with Gasteiger partial charge in [0.2, 0.25) is 5.91 Å². The number of piperazine rings is 1. The minimum atomic E-state index is 0.0789. The van der Waals surface area contributed by atoms with Crippen LogP contribution in [0.25, 0.3) is 0 Å². The normalized spacial score (nSPS) is 17.4. The van der Waals surface area contributed by atoms with E-state index in [-0.39, 0.29) is 12.5 Å². The maximum absolute atomic E-state index is 12.3. The zero-order chi connectivity index (χ0) is 15.6. The van der Waals surface area contributed by atoms with E-state index in [2.05, 4.69) is 31.2 Å². The van der Waals surface area contributed by atoms with Gasteiger partial charge >= 0.3 is 0 Å². The highest BCUT2D eigenvalue weighted by molar-refractivity contribution is 5.76. The smallest absolute Gasteiger partial charge is 0.244 e. The van der Waals surface area contributed by atoms with E-state index in [0.29, 0.717) is 13.1 Å². The maximum atomic E-state index is 12.3. The molecule has 0 atom stereocenters. The first-order valence-electron chi connectivity index (χ1n) is 8.00. The zero-order valence-corrected chi connectivity index (χ0v) is 12.9. The third kappa shape index (κ3) is 2.88. The van der Waals surface area contributed by atoms with Crippen molar-refractivity contribution in [2.45, 2.75) is 25.8 Å². The predicted octanol–water partition coefficient (Wildman–Crippen LogP) is -0.0944. The average molecular weight is 313 g/mol. The van der Waals surface area contributed by atoms with Crippen molar-refractivity contribution in [2.24, 2.45) is 0 Å². The van der Waals surface area contributed by atoms with Crippen LogP contribution in [0.3, 0.4) is 0 Å². The van der Waals surface area contributed by atoms with Gasteiger partial charge in [0, 0.05) is 26.2 Å². The summed E-state index contributed by atoms with van der Waals surface area (Å²) >= 11 is 0. The number of aromatic nitrogens is 5. The summed E-state index contributed by atoms with van der Waals surface area (Å²) in [5.41, 5.74) is 2.48. The van der Waals surface area contributed by atoms with Crippen LogP contribution in [0, 0.1) is 0 Å². The Hall–Kier alpha value is -2.51. The van der Waals surface area contributed by atoms with Gasteiger partial charge in [0.1, 0.15) is 19.2 Å². The topological polar surface area (TPSA) is 80.0 Å². The molecule has 1 amide bonds. The van der Waals surface area contributed by atoms with E-state index in [1.54, 1.807) is 11.0 Å². The van der Waals surface area contributed by atoms with Crippen LogP contribution in [0.15, 0.2) is 18.7 Å². The van der Waals surface area contributed by atoms with Gasteiger partial charge in [0.15, 0.2) is 5.82 Å². The van der Waals surface area contributed by atoms with Gasteiger partial charge in [-0.3, -0.25) is 4.79 Å². The molecule has 8 heteroatoms. The van der Waals surface area contributed by atoms with E-state index in [0.717, 1.165) is 37.4 Å². The summed E-state index contributed by atoms with van der Waals surface area (Å²) < 4.78 is 1.56. The largest absolute Gasteiger partial charge is 0.352 e. The molecule has 2 aromatic heterocycles. The van der Waals surface area contributed by atoms with Crippen LogP contribution >= 0.6 is 0 Å². The summed E-state index contributed by atoms with van der Waals surface area (Å²) in [4.78, 5) is 20.2. The Balaban J connectivity index is 1.36. The predicted molar refractivity (Wildman–Crippen MR) is 82.9 cm³/mol. The van der Waals surface area contributed by atoms with Gasteiger partial charge in [-0.15, -0.1) is 5.10 Å². The molecule has 0 N–H and O–H groups in total. The number of hydrogen-bond donors (Lipinski definition) is 0. The minimum Gasteiger partial charge on any atom is -0.352 e. The maximum Gasteiger partial charge on any atom is 0.244 e. The third-order valence-electron chi connectivity index (χ3n) is 4.53. The van der Waals surface area contributed by atoms with Crippen LogP contribution in [0.4, 0.5) is 5.82 Å². The quantitative estimate of drug-likeness (QED) is 0.787. The molecule has 0 unspecified atom stereocenters. The highest BCUT2D eigenvalue weighted by atomic mass is 16.2. The van der Waals surface area contributed by atoms with E-state index >= 15 is 0 Å². The summed E-state index contributed by atoms with van der Waals surface area (Å²) in [5, 5.41) is 12.7. The molecule has 2 aromatic rings. The second-order valence-corrected chi connectivity index (χ2v) is 5.99. The molecule has 0 saturated carbocycles. The van der Waals surface area contributed by atoms with Crippen LogP contribution in [-0.4, -0.2) is 61.9 Å². The Labute approximate surface area is 134 Å². The van der Waals surface area contributed by atoms with Gasteiger partial charge in [-0.1, -0.05) is 0 Å². The standard InChI is InChI=1S/C15H19N7O/c23-15(9-22-11-16-10-17-22)21-6-4-20(5-7-21)14-8-12-2-1-3-13(12)18-19-14/h8,10-11H,1-7,9H2. The molecule has 0 spiro atoms. The van der Waals surface area contributed by atoms with E-state index in [9.17, 15) is 4.79 Å². The second kappa shape index (κ2) is 5.94. The third-order valence-corrected chi connectivity index (χ3v) is 4.53. The molecule has 23 heavy (non-hydrogen) atoms. The monoisotopic (exact) mass is 313 g/mol. The average Bonchev–Trinajstić information content (AvgIpc) is 3.25. The zero-order valence-electron chi connectivity index (χ0n) is 12.9. The van der Waals surface area contributed by atoms with E-state index in [4.69, 9.17) is 0 Å². The van der Waals surface area contributed by atoms with Crippen LogP contribution in [0.5, 0.6) is 0 Å². The molecule has 120 valence electrons. The number of nitrogens with zero attached hydrogens (tertiary/aromatic N) is 7. The first-order valence-corrected chi connectivity index (χ1v) is 8.00. The SMILES string of the molecule is O=C(Cn1cncn1)N1CCN(c2cc3c(nn2)CCC3)CC1. The molecule has 8 nitrogen and oxygen atoms in total. The number of fused-ring (bicyclic) bond motifs is 1. The van der Waals surface area contributed by atoms with Crippen LogP contribution in [-0.2, 0) is 24.2 Å². The van der Waals surface area contributed by atoms with Gasteiger partial charge in [-0.25, -0.2) is 9.67 Å². The van der Waals surface area contributed by atoms with Crippen molar-refractivity contribution in [3.05, 3.63) is 30.0 Å². The van der Waals surface area contributed by atoms with Crippen LogP contribution in [0.1, 0.15) is 17.7 Å². The van der Waals surface area contributed by atoms with E-state index < -0.39 is 0 Å². The molecule has 0 aromatic carbocycles. The van der Waals surface area contributed by atoms with E-state index in [1.807, 2.05) is 4.90 Å². The molecule has 0 radical (unpaired) electrons. The first-order chi connectivity index (χ1) is 11.3. The van der Waals surface area contributed by atoms with Gasteiger partial charge in [0.25, 0.3) is 0 Å². The van der Waals surface area contributed by atoms with Crippen LogP contribution < -0.4 is 4.90 Å². The fourth-order valence-electron chi connectivity index (χ4n) is 3.21. The molecule has 1 aliphatic heterocycles. The summed E-state index contributed by atoms with van der Waals surface area (Å²) in [7, 11) is 0.